The largest absolute Gasteiger partial charge is 0.495 e. The van der Waals surface area contributed by atoms with Crippen molar-refractivity contribution in [3.8, 4) is 5.75 Å². The van der Waals surface area contributed by atoms with Gasteiger partial charge in [0.05, 0.1) is 18.3 Å². The third-order valence-electron chi connectivity index (χ3n) is 5.27. The summed E-state index contributed by atoms with van der Waals surface area (Å²) in [4.78, 5) is 23.8. The van der Waals surface area contributed by atoms with Crippen LogP contribution in [-0.4, -0.2) is 38.7 Å². The number of amides is 1. The molecule has 1 amide bonds. The van der Waals surface area contributed by atoms with Crippen molar-refractivity contribution in [3.05, 3.63) is 76.3 Å². The molecule has 3 rings (SSSR count). The van der Waals surface area contributed by atoms with E-state index in [-0.39, 0.29) is 30.1 Å². The zero-order chi connectivity index (χ0) is 24.2. The summed E-state index contributed by atoms with van der Waals surface area (Å²) in [6.45, 7) is 1.87. The topological polar surface area (TPSA) is 119 Å². The number of carbonyl (C=O) groups is 1. The molecule has 0 saturated carbocycles. The lowest BCUT2D eigenvalue weighted by atomic mass is 10.0. The zero-order valence-corrected chi connectivity index (χ0v) is 19.3. The van der Waals surface area contributed by atoms with E-state index in [0.717, 1.165) is 33.0 Å². The molecule has 0 bridgehead atoms. The third-order valence-corrected chi connectivity index (χ3v) is 6.44. The maximum atomic E-state index is 13.2. The Morgan fingerprint density at radius 1 is 1.15 bits per heavy atom. The fourth-order valence-corrected chi connectivity index (χ4v) is 4.95. The highest BCUT2D eigenvalue weighted by Gasteiger charge is 2.34. The van der Waals surface area contributed by atoms with Gasteiger partial charge in [-0.15, -0.1) is 0 Å². The Morgan fingerprint density at radius 2 is 1.85 bits per heavy atom. The van der Waals surface area contributed by atoms with Crippen LogP contribution in [0.4, 0.5) is 11.4 Å². The second-order valence-corrected chi connectivity index (χ2v) is 9.31. The summed E-state index contributed by atoms with van der Waals surface area (Å²) in [6, 6.07) is 16.0. The normalized spacial score (nSPS) is 12.2. The lowest BCUT2D eigenvalue weighted by molar-refractivity contribution is -0.384. The molecule has 3 aromatic carbocycles. The van der Waals surface area contributed by atoms with Crippen LogP contribution in [0, 0.1) is 10.1 Å². The lowest BCUT2D eigenvalue weighted by Crippen LogP contribution is -2.49. The number of nitro benzene ring substituents is 1. The van der Waals surface area contributed by atoms with Gasteiger partial charge in [-0.25, -0.2) is 8.42 Å². The number of carbonyl (C=O) groups excluding carboxylic acids is 1. The number of nitro groups is 1. The SMILES string of the molecule is CC[C@@H](C(=O)NCc1cccc2ccccc12)N(c1cc([N+](=O)[O-])ccc1OC)S(C)(=O)=O. The second-order valence-electron chi connectivity index (χ2n) is 7.45. The smallest absolute Gasteiger partial charge is 0.271 e. The molecule has 1 N–H and O–H groups in total. The number of nitrogens with one attached hydrogen (secondary N) is 1. The maximum Gasteiger partial charge on any atom is 0.271 e. The number of methoxy groups -OCH3 is 1. The van der Waals surface area contributed by atoms with E-state index in [0.29, 0.717) is 0 Å². The minimum absolute atomic E-state index is 0.0682. The number of hydrogen-bond acceptors (Lipinski definition) is 6. The molecule has 9 nitrogen and oxygen atoms in total. The summed E-state index contributed by atoms with van der Waals surface area (Å²) in [5.41, 5.74) is 0.502. The van der Waals surface area contributed by atoms with Gasteiger partial charge in [-0.2, -0.15) is 0 Å². The Hall–Kier alpha value is -3.66. The summed E-state index contributed by atoms with van der Waals surface area (Å²) in [7, 11) is -2.67. The number of non-ortho nitro benzene ring substituents is 1. The van der Waals surface area contributed by atoms with Gasteiger partial charge in [0.2, 0.25) is 15.9 Å². The van der Waals surface area contributed by atoms with Gasteiger partial charge >= 0.3 is 0 Å². The van der Waals surface area contributed by atoms with Crippen molar-refractivity contribution < 1.29 is 22.9 Å². The molecule has 0 spiro atoms. The number of ether oxygens (including phenoxy) is 1. The van der Waals surface area contributed by atoms with Crippen LogP contribution in [0.5, 0.6) is 5.75 Å². The Morgan fingerprint density at radius 3 is 2.48 bits per heavy atom. The number of sulfonamides is 1. The number of benzene rings is 3. The molecule has 10 heteroatoms. The number of fused-ring (bicyclic) bond motifs is 1. The molecule has 0 aliphatic heterocycles. The van der Waals surface area contributed by atoms with Crippen LogP contribution in [0.15, 0.2) is 60.7 Å². The molecule has 174 valence electrons. The first-order valence-corrected chi connectivity index (χ1v) is 12.1. The maximum absolute atomic E-state index is 13.2. The molecule has 0 saturated heterocycles. The Labute approximate surface area is 192 Å². The average Bonchev–Trinajstić information content (AvgIpc) is 2.79. The lowest BCUT2D eigenvalue weighted by Gasteiger charge is -2.31. The van der Waals surface area contributed by atoms with Crippen LogP contribution in [0.3, 0.4) is 0 Å². The van der Waals surface area contributed by atoms with Gasteiger partial charge in [0.25, 0.3) is 5.69 Å². The molecule has 0 aromatic heterocycles. The Bertz CT molecular complexity index is 1290. The van der Waals surface area contributed by atoms with E-state index in [2.05, 4.69) is 5.32 Å². The Kier molecular flexibility index (Phi) is 7.17. The summed E-state index contributed by atoms with van der Waals surface area (Å²) in [5.74, 6) is -0.421. The van der Waals surface area contributed by atoms with E-state index < -0.39 is 26.9 Å². The highest BCUT2D eigenvalue weighted by molar-refractivity contribution is 7.92. The van der Waals surface area contributed by atoms with Gasteiger partial charge in [0.15, 0.2) is 0 Å². The predicted molar refractivity (Wildman–Crippen MR) is 127 cm³/mol. The fourth-order valence-electron chi connectivity index (χ4n) is 3.75. The average molecular weight is 472 g/mol. The molecular weight excluding hydrogens is 446 g/mol. The summed E-state index contributed by atoms with van der Waals surface area (Å²) >= 11 is 0. The predicted octanol–water partition coefficient (Wildman–Crippen LogP) is 3.62. The molecule has 1 atom stereocenters. The second kappa shape index (κ2) is 9.86. The van der Waals surface area contributed by atoms with Crippen molar-refractivity contribution >= 4 is 38.1 Å². The minimum Gasteiger partial charge on any atom is -0.495 e. The third kappa shape index (κ3) is 5.23. The van der Waals surface area contributed by atoms with Crippen LogP contribution < -0.4 is 14.4 Å². The van der Waals surface area contributed by atoms with E-state index in [9.17, 15) is 23.3 Å². The van der Waals surface area contributed by atoms with Crippen LogP contribution >= 0.6 is 0 Å². The van der Waals surface area contributed by atoms with E-state index in [1.165, 1.54) is 19.2 Å². The molecule has 0 heterocycles. The first-order chi connectivity index (χ1) is 15.7. The standard InChI is InChI=1S/C23H25N3O6S/c1-4-20(23(27)24-15-17-10-7-9-16-8-5-6-11-19(16)17)25(33(3,30)31)21-14-18(26(28)29)12-13-22(21)32-2/h5-14,20H,4,15H2,1-3H3,(H,24,27)/t20-/m0/s1. The van der Waals surface area contributed by atoms with Gasteiger partial charge in [-0.3, -0.25) is 19.2 Å². The van der Waals surface area contributed by atoms with Gasteiger partial charge in [0, 0.05) is 18.7 Å². The summed E-state index contributed by atoms with van der Waals surface area (Å²) in [5, 5.41) is 16.1. The molecule has 0 radical (unpaired) electrons. The van der Waals surface area contributed by atoms with E-state index in [1.807, 2.05) is 42.5 Å². The monoisotopic (exact) mass is 471 g/mol. The summed E-state index contributed by atoms with van der Waals surface area (Å²) < 4.78 is 31.6. The molecule has 3 aromatic rings. The van der Waals surface area contributed by atoms with Crippen molar-refractivity contribution in [2.45, 2.75) is 25.9 Å². The summed E-state index contributed by atoms with van der Waals surface area (Å²) in [6.07, 6.45) is 1.09. The minimum atomic E-state index is -4.00. The highest BCUT2D eigenvalue weighted by atomic mass is 32.2. The molecular formula is C23H25N3O6S. The molecule has 0 aliphatic rings. The van der Waals surface area contributed by atoms with Crippen molar-refractivity contribution in [1.82, 2.24) is 5.32 Å². The van der Waals surface area contributed by atoms with Crippen molar-refractivity contribution in [1.29, 1.82) is 0 Å². The quantitative estimate of drug-likeness (QED) is 0.376. The van der Waals surface area contributed by atoms with E-state index >= 15 is 0 Å². The molecule has 0 fully saturated rings. The fraction of sp³-hybridized carbons (Fsp3) is 0.261. The van der Waals surface area contributed by atoms with Crippen LogP contribution in [0.1, 0.15) is 18.9 Å². The van der Waals surface area contributed by atoms with Gasteiger partial charge in [-0.1, -0.05) is 49.4 Å². The van der Waals surface area contributed by atoms with Crippen molar-refractivity contribution in [3.63, 3.8) is 0 Å². The number of rotatable bonds is 9. The zero-order valence-electron chi connectivity index (χ0n) is 18.5. The van der Waals surface area contributed by atoms with Gasteiger partial charge in [-0.05, 0) is 28.8 Å². The highest BCUT2D eigenvalue weighted by Crippen LogP contribution is 2.35. The van der Waals surface area contributed by atoms with Gasteiger partial charge < -0.3 is 10.1 Å². The number of nitrogens with zero attached hydrogens (tertiary/aromatic N) is 2. The van der Waals surface area contributed by atoms with Gasteiger partial charge in [0.1, 0.15) is 17.5 Å². The number of anilines is 1. The molecule has 33 heavy (non-hydrogen) atoms. The first kappa shape index (κ1) is 24.0. The molecule has 0 aliphatic carbocycles. The number of hydrogen-bond donors (Lipinski definition) is 1. The van der Waals surface area contributed by atoms with Crippen LogP contribution in [-0.2, 0) is 21.4 Å². The van der Waals surface area contributed by atoms with Crippen LogP contribution in [0.2, 0.25) is 0 Å². The van der Waals surface area contributed by atoms with Crippen molar-refractivity contribution in [2.24, 2.45) is 0 Å². The molecule has 0 unspecified atom stereocenters. The van der Waals surface area contributed by atoms with E-state index in [1.54, 1.807) is 6.92 Å². The van der Waals surface area contributed by atoms with Crippen LogP contribution in [0.25, 0.3) is 10.8 Å². The Balaban J connectivity index is 1.96. The van der Waals surface area contributed by atoms with E-state index in [4.69, 9.17) is 4.74 Å². The van der Waals surface area contributed by atoms with Crippen molar-refractivity contribution in [2.75, 3.05) is 17.7 Å². The first-order valence-electron chi connectivity index (χ1n) is 10.2.